The Kier molecular flexibility index (Phi) is 4.70. The van der Waals surface area contributed by atoms with E-state index in [0.29, 0.717) is 17.2 Å². The Hall–Kier alpha value is -2.50. The lowest BCUT2D eigenvalue weighted by Crippen LogP contribution is -2.27. The summed E-state index contributed by atoms with van der Waals surface area (Å²) in [4.78, 5) is 11.9. The number of rotatable bonds is 4. The van der Waals surface area contributed by atoms with Crippen LogP contribution in [0.2, 0.25) is 0 Å². The zero-order valence-corrected chi connectivity index (χ0v) is 12.9. The molecule has 1 aromatic heterocycles. The van der Waals surface area contributed by atoms with E-state index in [2.05, 4.69) is 20.8 Å². The number of anilines is 2. The van der Waals surface area contributed by atoms with Gasteiger partial charge in [-0.15, -0.1) is 10.2 Å². The standard InChI is InChI=1S/C16H19FN4O/c1-16(2,3)19-14-9-8-13(20-21-14)18-15(22)10-11-6-4-5-7-12(11)17/h4-9H,10H2,1-3H3,(H,19,21)(H,18,20,22). The van der Waals surface area contributed by atoms with Crippen LogP contribution in [0.25, 0.3) is 0 Å². The number of carbonyl (C=O) groups excluding carboxylic acids is 1. The zero-order valence-electron chi connectivity index (χ0n) is 12.9. The molecule has 1 amide bonds. The molecule has 1 aromatic carbocycles. The summed E-state index contributed by atoms with van der Waals surface area (Å²) in [5.41, 5.74) is 0.226. The van der Waals surface area contributed by atoms with Crippen LogP contribution < -0.4 is 10.6 Å². The van der Waals surface area contributed by atoms with Gasteiger partial charge in [0.25, 0.3) is 0 Å². The number of hydrogen-bond acceptors (Lipinski definition) is 4. The molecule has 0 aliphatic heterocycles. The molecule has 1 heterocycles. The van der Waals surface area contributed by atoms with Crippen molar-refractivity contribution in [2.45, 2.75) is 32.7 Å². The second kappa shape index (κ2) is 6.51. The van der Waals surface area contributed by atoms with Crippen molar-refractivity contribution in [1.82, 2.24) is 10.2 Å². The van der Waals surface area contributed by atoms with Crippen LogP contribution in [0.5, 0.6) is 0 Å². The highest BCUT2D eigenvalue weighted by Gasteiger charge is 2.11. The van der Waals surface area contributed by atoms with E-state index in [9.17, 15) is 9.18 Å². The molecule has 2 rings (SSSR count). The van der Waals surface area contributed by atoms with Crippen LogP contribution in [0.15, 0.2) is 36.4 Å². The lowest BCUT2D eigenvalue weighted by Gasteiger charge is -2.20. The van der Waals surface area contributed by atoms with Gasteiger partial charge >= 0.3 is 0 Å². The lowest BCUT2D eigenvalue weighted by atomic mass is 10.1. The fourth-order valence-corrected chi connectivity index (χ4v) is 1.85. The summed E-state index contributed by atoms with van der Waals surface area (Å²) in [6.07, 6.45) is -0.0453. The molecule has 0 fully saturated rings. The van der Waals surface area contributed by atoms with Gasteiger partial charge in [0.1, 0.15) is 11.6 Å². The molecule has 22 heavy (non-hydrogen) atoms. The fraction of sp³-hybridized carbons (Fsp3) is 0.312. The second-order valence-corrected chi connectivity index (χ2v) is 6.00. The third-order valence-electron chi connectivity index (χ3n) is 2.74. The normalized spacial score (nSPS) is 11.1. The molecule has 0 atom stereocenters. The van der Waals surface area contributed by atoms with Gasteiger partial charge in [-0.1, -0.05) is 18.2 Å². The first kappa shape index (κ1) is 15.9. The number of amides is 1. The monoisotopic (exact) mass is 302 g/mol. The lowest BCUT2D eigenvalue weighted by molar-refractivity contribution is -0.115. The van der Waals surface area contributed by atoms with Crippen LogP contribution in [0.1, 0.15) is 26.3 Å². The molecule has 116 valence electrons. The average Bonchev–Trinajstić information content (AvgIpc) is 2.42. The van der Waals surface area contributed by atoms with Crippen molar-refractivity contribution in [3.8, 4) is 0 Å². The summed E-state index contributed by atoms with van der Waals surface area (Å²) < 4.78 is 13.5. The van der Waals surface area contributed by atoms with Gasteiger partial charge < -0.3 is 10.6 Å². The zero-order chi connectivity index (χ0) is 16.2. The fourth-order valence-electron chi connectivity index (χ4n) is 1.85. The van der Waals surface area contributed by atoms with Crippen LogP contribution >= 0.6 is 0 Å². The van der Waals surface area contributed by atoms with Crippen LogP contribution in [0, 0.1) is 5.82 Å². The van der Waals surface area contributed by atoms with Gasteiger partial charge in [0.2, 0.25) is 5.91 Å². The molecule has 0 unspecified atom stereocenters. The van der Waals surface area contributed by atoms with Crippen LogP contribution in [-0.2, 0) is 11.2 Å². The Morgan fingerprint density at radius 2 is 1.73 bits per heavy atom. The molecular weight excluding hydrogens is 283 g/mol. The van der Waals surface area contributed by atoms with Gasteiger partial charge in [-0.2, -0.15) is 0 Å². The van der Waals surface area contributed by atoms with Crippen molar-refractivity contribution >= 4 is 17.5 Å². The Bertz CT molecular complexity index is 650. The summed E-state index contributed by atoms with van der Waals surface area (Å²) in [5, 5.41) is 13.7. The van der Waals surface area contributed by atoms with Gasteiger partial charge in [0.05, 0.1) is 6.42 Å². The Balaban J connectivity index is 1.96. The minimum absolute atomic E-state index is 0.0453. The van der Waals surface area contributed by atoms with E-state index < -0.39 is 5.82 Å². The van der Waals surface area contributed by atoms with Crippen molar-refractivity contribution in [1.29, 1.82) is 0 Å². The van der Waals surface area contributed by atoms with Crippen LogP contribution in [-0.4, -0.2) is 21.6 Å². The van der Waals surface area contributed by atoms with Crippen LogP contribution in [0.4, 0.5) is 16.0 Å². The van der Waals surface area contributed by atoms with Gasteiger partial charge in [0.15, 0.2) is 5.82 Å². The van der Waals surface area contributed by atoms with E-state index in [-0.39, 0.29) is 17.9 Å². The molecule has 0 aliphatic carbocycles. The summed E-state index contributed by atoms with van der Waals surface area (Å²) in [7, 11) is 0. The second-order valence-electron chi connectivity index (χ2n) is 6.00. The van der Waals surface area contributed by atoms with Crippen molar-refractivity contribution in [3.63, 3.8) is 0 Å². The molecule has 0 radical (unpaired) electrons. The van der Waals surface area contributed by atoms with Crippen LogP contribution in [0.3, 0.4) is 0 Å². The van der Waals surface area contributed by atoms with Gasteiger partial charge in [-0.05, 0) is 44.5 Å². The third-order valence-corrected chi connectivity index (χ3v) is 2.74. The van der Waals surface area contributed by atoms with Gasteiger partial charge in [0, 0.05) is 5.54 Å². The highest BCUT2D eigenvalue weighted by molar-refractivity contribution is 5.91. The smallest absolute Gasteiger partial charge is 0.230 e. The number of nitrogens with zero attached hydrogens (tertiary/aromatic N) is 2. The maximum absolute atomic E-state index is 13.5. The van der Waals surface area contributed by atoms with E-state index >= 15 is 0 Å². The molecule has 5 nitrogen and oxygen atoms in total. The molecule has 0 aliphatic rings. The topological polar surface area (TPSA) is 66.9 Å². The molecule has 0 spiro atoms. The predicted molar refractivity (Wildman–Crippen MR) is 84.1 cm³/mol. The molecule has 0 saturated carbocycles. The molecular formula is C16H19FN4O. The quantitative estimate of drug-likeness (QED) is 0.911. The summed E-state index contributed by atoms with van der Waals surface area (Å²) in [6, 6.07) is 9.57. The number of benzene rings is 1. The summed E-state index contributed by atoms with van der Waals surface area (Å²) in [6.45, 7) is 6.04. The number of aromatic nitrogens is 2. The largest absolute Gasteiger partial charge is 0.364 e. The predicted octanol–water partition coefficient (Wildman–Crippen LogP) is 3.01. The van der Waals surface area contributed by atoms with Gasteiger partial charge in [-0.25, -0.2) is 4.39 Å². The third kappa shape index (κ3) is 4.80. The highest BCUT2D eigenvalue weighted by atomic mass is 19.1. The highest BCUT2D eigenvalue weighted by Crippen LogP contribution is 2.13. The van der Waals surface area contributed by atoms with Crippen molar-refractivity contribution in [3.05, 3.63) is 47.8 Å². The first-order chi connectivity index (χ1) is 10.3. The Morgan fingerprint density at radius 3 is 2.32 bits per heavy atom. The number of hydrogen-bond donors (Lipinski definition) is 2. The summed E-state index contributed by atoms with van der Waals surface area (Å²) >= 11 is 0. The SMILES string of the molecule is CC(C)(C)Nc1ccc(NC(=O)Cc2ccccc2F)nn1. The summed E-state index contributed by atoms with van der Waals surface area (Å²) in [5.74, 6) is 0.227. The molecule has 6 heteroatoms. The molecule has 2 N–H and O–H groups in total. The van der Waals surface area contributed by atoms with Crippen molar-refractivity contribution < 1.29 is 9.18 Å². The van der Waals surface area contributed by atoms with E-state index in [1.807, 2.05) is 20.8 Å². The van der Waals surface area contributed by atoms with E-state index in [0.717, 1.165) is 0 Å². The number of nitrogens with one attached hydrogen (secondary N) is 2. The van der Waals surface area contributed by atoms with E-state index in [1.54, 1.807) is 30.3 Å². The number of halogens is 1. The minimum atomic E-state index is -0.395. The Morgan fingerprint density at radius 1 is 1.09 bits per heavy atom. The van der Waals surface area contributed by atoms with E-state index in [1.165, 1.54) is 6.07 Å². The van der Waals surface area contributed by atoms with E-state index in [4.69, 9.17) is 0 Å². The first-order valence-electron chi connectivity index (χ1n) is 6.99. The number of carbonyl (C=O) groups is 1. The Labute approximate surface area is 129 Å². The van der Waals surface area contributed by atoms with Crippen molar-refractivity contribution in [2.75, 3.05) is 10.6 Å². The minimum Gasteiger partial charge on any atom is -0.364 e. The maximum Gasteiger partial charge on any atom is 0.230 e. The maximum atomic E-state index is 13.5. The average molecular weight is 302 g/mol. The first-order valence-corrected chi connectivity index (χ1v) is 6.99. The van der Waals surface area contributed by atoms with Crippen molar-refractivity contribution in [2.24, 2.45) is 0 Å². The molecule has 0 bridgehead atoms. The van der Waals surface area contributed by atoms with Gasteiger partial charge in [-0.3, -0.25) is 4.79 Å². The molecule has 2 aromatic rings. The molecule has 0 saturated heterocycles.